The second-order valence-electron chi connectivity index (χ2n) is 3.78. The molecule has 0 saturated heterocycles. The minimum absolute atomic E-state index is 0.000155. The maximum absolute atomic E-state index is 11.8. The first-order chi connectivity index (χ1) is 7.95. The number of hydrogen-bond acceptors (Lipinski definition) is 3. The van der Waals surface area contributed by atoms with Crippen molar-refractivity contribution in [2.75, 3.05) is 13.2 Å². The van der Waals surface area contributed by atoms with Crippen LogP contribution in [0, 0.1) is 13.1 Å². The van der Waals surface area contributed by atoms with Crippen LogP contribution in [0.1, 0.15) is 17.3 Å². The van der Waals surface area contributed by atoms with Crippen molar-refractivity contribution in [3.05, 3.63) is 24.8 Å². The standard InChI is InChI=1S/C11H13I2NO3/c1-6(5-15)4-14-11(17)8-2-7(12)3-9(13)10(8)16/h2-3,6,15-16H,4-5H2,1H3,(H,14,17). The van der Waals surface area contributed by atoms with E-state index >= 15 is 0 Å². The number of carbonyl (C=O) groups is 1. The Morgan fingerprint density at radius 3 is 2.71 bits per heavy atom. The van der Waals surface area contributed by atoms with E-state index in [4.69, 9.17) is 5.11 Å². The molecule has 0 saturated carbocycles. The molecular weight excluding hydrogens is 448 g/mol. The van der Waals surface area contributed by atoms with Crippen LogP contribution in [0.3, 0.4) is 0 Å². The van der Waals surface area contributed by atoms with Gasteiger partial charge < -0.3 is 15.5 Å². The Morgan fingerprint density at radius 1 is 1.47 bits per heavy atom. The van der Waals surface area contributed by atoms with Gasteiger partial charge in [0.15, 0.2) is 0 Å². The summed E-state index contributed by atoms with van der Waals surface area (Å²) < 4.78 is 1.54. The molecule has 4 nitrogen and oxygen atoms in total. The molecule has 1 atom stereocenters. The van der Waals surface area contributed by atoms with Crippen molar-refractivity contribution in [2.24, 2.45) is 5.92 Å². The van der Waals surface area contributed by atoms with E-state index in [0.717, 1.165) is 3.57 Å². The molecule has 0 heterocycles. The van der Waals surface area contributed by atoms with Crippen LogP contribution in [0.2, 0.25) is 0 Å². The first kappa shape index (κ1) is 15.0. The van der Waals surface area contributed by atoms with Crippen LogP contribution in [-0.4, -0.2) is 29.3 Å². The lowest BCUT2D eigenvalue weighted by atomic mass is 10.1. The van der Waals surface area contributed by atoms with Crippen LogP contribution in [0.25, 0.3) is 0 Å². The number of amides is 1. The average molecular weight is 461 g/mol. The second kappa shape index (κ2) is 6.74. The lowest BCUT2D eigenvalue weighted by Crippen LogP contribution is -2.29. The zero-order valence-electron chi connectivity index (χ0n) is 9.20. The van der Waals surface area contributed by atoms with Crippen molar-refractivity contribution < 1.29 is 15.0 Å². The van der Waals surface area contributed by atoms with E-state index in [-0.39, 0.29) is 29.7 Å². The van der Waals surface area contributed by atoms with E-state index < -0.39 is 0 Å². The smallest absolute Gasteiger partial charge is 0.255 e. The van der Waals surface area contributed by atoms with Crippen LogP contribution in [-0.2, 0) is 0 Å². The summed E-state index contributed by atoms with van der Waals surface area (Å²) >= 11 is 4.08. The Kier molecular flexibility index (Phi) is 5.93. The number of rotatable bonds is 4. The van der Waals surface area contributed by atoms with Crippen LogP contribution in [0.15, 0.2) is 12.1 Å². The zero-order valence-corrected chi connectivity index (χ0v) is 13.5. The number of halogens is 2. The Balaban J connectivity index is 2.82. The van der Waals surface area contributed by atoms with E-state index in [1.807, 2.05) is 29.5 Å². The van der Waals surface area contributed by atoms with Gasteiger partial charge in [-0.15, -0.1) is 0 Å². The highest BCUT2D eigenvalue weighted by Gasteiger charge is 2.15. The molecule has 0 aliphatic rings. The van der Waals surface area contributed by atoms with Gasteiger partial charge in [0.1, 0.15) is 5.75 Å². The maximum Gasteiger partial charge on any atom is 0.255 e. The van der Waals surface area contributed by atoms with Gasteiger partial charge in [0.2, 0.25) is 0 Å². The lowest BCUT2D eigenvalue weighted by Gasteiger charge is -2.11. The third kappa shape index (κ3) is 4.25. The van der Waals surface area contributed by atoms with Gasteiger partial charge >= 0.3 is 0 Å². The normalized spacial score (nSPS) is 12.2. The number of carbonyl (C=O) groups excluding carboxylic acids is 1. The maximum atomic E-state index is 11.8. The summed E-state index contributed by atoms with van der Waals surface area (Å²) in [7, 11) is 0. The quantitative estimate of drug-likeness (QED) is 0.601. The molecule has 3 N–H and O–H groups in total. The fourth-order valence-electron chi connectivity index (χ4n) is 1.17. The number of benzene rings is 1. The van der Waals surface area contributed by atoms with Crippen molar-refractivity contribution in [3.63, 3.8) is 0 Å². The van der Waals surface area contributed by atoms with E-state index in [1.165, 1.54) is 0 Å². The summed E-state index contributed by atoms with van der Waals surface area (Å²) in [5.41, 5.74) is 0.270. The van der Waals surface area contributed by atoms with Gasteiger partial charge in [-0.25, -0.2) is 0 Å². The molecule has 0 spiro atoms. The van der Waals surface area contributed by atoms with Crippen LogP contribution >= 0.6 is 45.2 Å². The number of aliphatic hydroxyl groups is 1. The molecule has 0 aromatic heterocycles. The van der Waals surface area contributed by atoms with Gasteiger partial charge in [0.25, 0.3) is 5.91 Å². The van der Waals surface area contributed by atoms with E-state index in [0.29, 0.717) is 10.1 Å². The molecule has 1 unspecified atom stereocenters. The minimum atomic E-state index is -0.320. The monoisotopic (exact) mass is 461 g/mol. The molecule has 0 radical (unpaired) electrons. The number of aromatic hydroxyl groups is 1. The highest BCUT2D eigenvalue weighted by molar-refractivity contribution is 14.1. The molecule has 1 amide bonds. The number of phenols is 1. The molecule has 0 aliphatic carbocycles. The molecule has 1 rings (SSSR count). The van der Waals surface area contributed by atoms with Crippen molar-refractivity contribution in [2.45, 2.75) is 6.92 Å². The van der Waals surface area contributed by atoms with Crippen LogP contribution in [0.5, 0.6) is 5.75 Å². The molecule has 94 valence electrons. The van der Waals surface area contributed by atoms with Crippen LogP contribution < -0.4 is 5.32 Å². The van der Waals surface area contributed by atoms with Gasteiger partial charge in [-0.1, -0.05) is 6.92 Å². The third-order valence-electron chi connectivity index (χ3n) is 2.20. The SMILES string of the molecule is CC(CO)CNC(=O)c1cc(I)cc(I)c1O. The fraction of sp³-hybridized carbons (Fsp3) is 0.364. The Labute approximate surface area is 127 Å². The van der Waals surface area contributed by atoms with Gasteiger partial charge in [0.05, 0.1) is 9.13 Å². The number of aliphatic hydroxyl groups excluding tert-OH is 1. The number of hydrogen-bond donors (Lipinski definition) is 3. The van der Waals surface area contributed by atoms with Gasteiger partial charge in [-0.05, 0) is 63.2 Å². The van der Waals surface area contributed by atoms with Crippen molar-refractivity contribution in [1.82, 2.24) is 5.32 Å². The third-order valence-corrected chi connectivity index (χ3v) is 3.64. The van der Waals surface area contributed by atoms with E-state index in [9.17, 15) is 9.90 Å². The zero-order chi connectivity index (χ0) is 13.0. The highest BCUT2D eigenvalue weighted by Crippen LogP contribution is 2.26. The van der Waals surface area contributed by atoms with Crippen LogP contribution in [0.4, 0.5) is 0 Å². The first-order valence-corrected chi connectivity index (χ1v) is 7.18. The van der Waals surface area contributed by atoms with Gasteiger partial charge in [-0.3, -0.25) is 4.79 Å². The molecule has 17 heavy (non-hydrogen) atoms. The molecule has 0 fully saturated rings. The average Bonchev–Trinajstić information content (AvgIpc) is 2.30. The summed E-state index contributed by atoms with van der Waals surface area (Å²) in [6, 6.07) is 3.43. The van der Waals surface area contributed by atoms with Gasteiger partial charge in [-0.2, -0.15) is 0 Å². The summed E-state index contributed by atoms with van der Waals surface area (Å²) in [5.74, 6) is -0.317. The molecule has 0 aliphatic heterocycles. The van der Waals surface area contributed by atoms with E-state index in [2.05, 4.69) is 27.9 Å². The first-order valence-electron chi connectivity index (χ1n) is 5.02. The summed E-state index contributed by atoms with van der Waals surface area (Å²) in [6.07, 6.45) is 0. The molecular formula is C11H13I2NO3. The van der Waals surface area contributed by atoms with Gasteiger partial charge in [0, 0.05) is 16.7 Å². The second-order valence-corrected chi connectivity index (χ2v) is 6.19. The predicted molar refractivity (Wildman–Crippen MR) is 82.1 cm³/mol. The molecule has 0 bridgehead atoms. The molecule has 1 aromatic carbocycles. The lowest BCUT2D eigenvalue weighted by molar-refractivity contribution is 0.0939. The van der Waals surface area contributed by atoms with E-state index in [1.54, 1.807) is 12.1 Å². The minimum Gasteiger partial charge on any atom is -0.506 e. The Hall–Kier alpha value is -0.0900. The van der Waals surface area contributed by atoms with Crippen molar-refractivity contribution >= 4 is 51.1 Å². The fourth-order valence-corrected chi connectivity index (χ4v) is 3.01. The largest absolute Gasteiger partial charge is 0.506 e. The molecule has 6 heteroatoms. The molecule has 1 aromatic rings. The summed E-state index contributed by atoms with van der Waals surface area (Å²) in [4.78, 5) is 11.8. The predicted octanol–water partition coefficient (Wildman–Crippen LogP) is 1.96. The number of nitrogens with one attached hydrogen (secondary N) is 1. The summed E-state index contributed by atoms with van der Waals surface area (Å²) in [6.45, 7) is 2.24. The number of phenolic OH excluding ortho intramolecular Hbond substituents is 1. The highest BCUT2D eigenvalue weighted by atomic mass is 127. The van der Waals surface area contributed by atoms with Crippen molar-refractivity contribution in [3.8, 4) is 5.75 Å². The Bertz CT molecular complexity index is 423. The Morgan fingerprint density at radius 2 is 2.12 bits per heavy atom. The van der Waals surface area contributed by atoms with Crippen molar-refractivity contribution in [1.29, 1.82) is 0 Å². The summed E-state index contributed by atoms with van der Waals surface area (Å²) in [5, 5.41) is 21.3. The topological polar surface area (TPSA) is 69.6 Å².